The molecule has 0 saturated carbocycles. The van der Waals surface area contributed by atoms with Gasteiger partial charge in [-0.2, -0.15) is 0 Å². The summed E-state index contributed by atoms with van der Waals surface area (Å²) in [6.07, 6.45) is 0. The number of anilines is 1. The first-order valence-electron chi connectivity index (χ1n) is 8.19. The number of rotatable bonds is 5. The number of nitrogens with one attached hydrogen (secondary N) is 1. The van der Waals surface area contributed by atoms with Gasteiger partial charge in [0.25, 0.3) is 5.91 Å². The number of benzene rings is 2. The van der Waals surface area contributed by atoms with Crippen molar-refractivity contribution in [2.75, 3.05) is 18.0 Å². The molecule has 0 heterocycles. The molecule has 2 amide bonds. The zero-order chi connectivity index (χ0) is 18.6. The minimum atomic E-state index is -0.139. The Morgan fingerprint density at radius 3 is 2.32 bits per heavy atom. The van der Waals surface area contributed by atoms with Crippen LogP contribution in [0.3, 0.4) is 0 Å². The van der Waals surface area contributed by atoms with E-state index in [9.17, 15) is 9.59 Å². The molecular formula is C20H23ClN2O2. The molecule has 1 N–H and O–H groups in total. The molecule has 2 rings (SSSR count). The Labute approximate surface area is 153 Å². The van der Waals surface area contributed by atoms with Crippen molar-refractivity contribution in [3.05, 3.63) is 63.7 Å². The van der Waals surface area contributed by atoms with Crippen molar-refractivity contribution >= 4 is 29.1 Å². The molecule has 25 heavy (non-hydrogen) atoms. The van der Waals surface area contributed by atoms with Gasteiger partial charge in [0.15, 0.2) is 0 Å². The Hall–Kier alpha value is -2.33. The van der Waals surface area contributed by atoms with Crippen LogP contribution < -0.4 is 10.2 Å². The number of halogens is 1. The summed E-state index contributed by atoms with van der Waals surface area (Å²) in [6.45, 7) is 8.18. The van der Waals surface area contributed by atoms with Crippen LogP contribution in [0.25, 0.3) is 0 Å². The number of aryl methyl sites for hydroxylation is 3. The van der Waals surface area contributed by atoms with E-state index in [0.29, 0.717) is 23.7 Å². The summed E-state index contributed by atoms with van der Waals surface area (Å²) in [5.74, 6) is -0.217. The molecule has 0 aliphatic rings. The van der Waals surface area contributed by atoms with E-state index in [0.717, 1.165) is 22.4 Å². The molecule has 4 nitrogen and oxygen atoms in total. The summed E-state index contributed by atoms with van der Waals surface area (Å²) in [5.41, 5.74) is 4.58. The largest absolute Gasteiger partial charge is 0.350 e. The Bertz CT molecular complexity index is 802. The van der Waals surface area contributed by atoms with Crippen LogP contribution in [-0.2, 0) is 4.79 Å². The van der Waals surface area contributed by atoms with Crippen LogP contribution in [0.4, 0.5) is 5.69 Å². The molecule has 0 radical (unpaired) electrons. The van der Waals surface area contributed by atoms with Gasteiger partial charge in [0, 0.05) is 36.3 Å². The fourth-order valence-electron chi connectivity index (χ4n) is 2.64. The first-order chi connectivity index (χ1) is 11.8. The molecule has 0 unspecified atom stereocenters. The highest BCUT2D eigenvalue weighted by molar-refractivity contribution is 6.30. The number of carbonyl (C=O) groups excluding carboxylic acids is 2. The van der Waals surface area contributed by atoms with Crippen LogP contribution in [0.1, 0.15) is 34.0 Å². The monoisotopic (exact) mass is 358 g/mol. The minimum Gasteiger partial charge on any atom is -0.350 e. The minimum absolute atomic E-state index is 0.0779. The van der Waals surface area contributed by atoms with Gasteiger partial charge in [0.2, 0.25) is 5.91 Å². The smallest absolute Gasteiger partial charge is 0.251 e. The summed E-state index contributed by atoms with van der Waals surface area (Å²) in [7, 11) is 0. The Morgan fingerprint density at radius 1 is 1.00 bits per heavy atom. The topological polar surface area (TPSA) is 49.4 Å². The number of hydrogen-bond acceptors (Lipinski definition) is 2. The van der Waals surface area contributed by atoms with E-state index in [2.05, 4.69) is 5.32 Å². The van der Waals surface area contributed by atoms with Gasteiger partial charge >= 0.3 is 0 Å². The predicted molar refractivity (Wildman–Crippen MR) is 102 cm³/mol. The summed E-state index contributed by atoms with van der Waals surface area (Å²) in [5, 5.41) is 3.50. The van der Waals surface area contributed by atoms with E-state index in [1.165, 1.54) is 6.92 Å². The number of nitrogens with zero attached hydrogens (tertiary/aromatic N) is 1. The lowest BCUT2D eigenvalue weighted by Crippen LogP contribution is -2.38. The van der Waals surface area contributed by atoms with Crippen LogP contribution in [0, 0.1) is 20.8 Å². The Balaban J connectivity index is 2.03. The van der Waals surface area contributed by atoms with E-state index >= 15 is 0 Å². The van der Waals surface area contributed by atoms with Gasteiger partial charge in [-0.05, 0) is 67.8 Å². The second kappa shape index (κ2) is 8.17. The van der Waals surface area contributed by atoms with E-state index in [1.54, 1.807) is 11.0 Å². The second-order valence-electron chi connectivity index (χ2n) is 6.16. The van der Waals surface area contributed by atoms with Gasteiger partial charge in [-0.15, -0.1) is 0 Å². The summed E-state index contributed by atoms with van der Waals surface area (Å²) < 4.78 is 0. The third-order valence-electron chi connectivity index (χ3n) is 4.22. The van der Waals surface area contributed by atoms with Crippen LogP contribution in [0.2, 0.25) is 5.02 Å². The predicted octanol–water partition coefficient (Wildman–Crippen LogP) is 4.05. The lowest BCUT2D eigenvalue weighted by Gasteiger charge is -2.23. The van der Waals surface area contributed by atoms with Gasteiger partial charge in [0.1, 0.15) is 0 Å². The lowest BCUT2D eigenvalue weighted by atomic mass is 10.1. The molecule has 2 aromatic rings. The van der Waals surface area contributed by atoms with E-state index in [-0.39, 0.29) is 11.8 Å². The van der Waals surface area contributed by atoms with Crippen molar-refractivity contribution in [1.82, 2.24) is 5.32 Å². The van der Waals surface area contributed by atoms with E-state index in [4.69, 9.17) is 11.6 Å². The Morgan fingerprint density at radius 2 is 1.72 bits per heavy atom. The fraction of sp³-hybridized carbons (Fsp3) is 0.300. The average Bonchev–Trinajstić information content (AvgIpc) is 2.54. The number of carbonyl (C=O) groups is 2. The quantitative estimate of drug-likeness (QED) is 0.876. The van der Waals surface area contributed by atoms with Crippen molar-refractivity contribution in [1.29, 1.82) is 0 Å². The second-order valence-corrected chi connectivity index (χ2v) is 6.59. The molecule has 0 aliphatic heterocycles. The third kappa shape index (κ3) is 4.83. The highest BCUT2D eigenvalue weighted by Crippen LogP contribution is 2.23. The average molecular weight is 359 g/mol. The van der Waals surface area contributed by atoms with Crippen molar-refractivity contribution in [2.45, 2.75) is 27.7 Å². The van der Waals surface area contributed by atoms with Crippen molar-refractivity contribution in [3.63, 3.8) is 0 Å². The molecule has 0 aromatic heterocycles. The highest BCUT2D eigenvalue weighted by atomic mass is 35.5. The van der Waals surface area contributed by atoms with Gasteiger partial charge in [0.05, 0.1) is 0 Å². The maximum atomic E-state index is 12.3. The first-order valence-corrected chi connectivity index (χ1v) is 8.57. The van der Waals surface area contributed by atoms with Crippen molar-refractivity contribution < 1.29 is 9.59 Å². The summed E-state index contributed by atoms with van der Waals surface area (Å²) >= 11 is 5.98. The lowest BCUT2D eigenvalue weighted by molar-refractivity contribution is -0.116. The van der Waals surface area contributed by atoms with Crippen LogP contribution in [-0.4, -0.2) is 24.9 Å². The fourth-order valence-corrected chi connectivity index (χ4v) is 2.86. The van der Waals surface area contributed by atoms with Gasteiger partial charge in [-0.3, -0.25) is 9.59 Å². The van der Waals surface area contributed by atoms with Crippen molar-refractivity contribution in [3.8, 4) is 0 Å². The standard InChI is InChI=1S/C20H23ClN2O2/c1-13-5-6-17(11-14(13)2)20(25)22-9-10-23(16(4)24)19-8-7-18(21)12-15(19)3/h5-8,11-12H,9-10H2,1-4H3,(H,22,25). The normalized spacial score (nSPS) is 10.4. The molecule has 0 bridgehead atoms. The first kappa shape index (κ1) is 19.0. The molecule has 0 fully saturated rings. The van der Waals surface area contributed by atoms with Crippen LogP contribution >= 0.6 is 11.6 Å². The van der Waals surface area contributed by atoms with Gasteiger partial charge in [-0.1, -0.05) is 17.7 Å². The zero-order valence-corrected chi connectivity index (χ0v) is 15.8. The number of amides is 2. The summed E-state index contributed by atoms with van der Waals surface area (Å²) in [4.78, 5) is 25.9. The van der Waals surface area contributed by atoms with E-state index < -0.39 is 0 Å². The highest BCUT2D eigenvalue weighted by Gasteiger charge is 2.14. The SMILES string of the molecule is CC(=O)N(CCNC(=O)c1ccc(C)c(C)c1)c1ccc(Cl)cc1C. The number of hydrogen-bond donors (Lipinski definition) is 1. The molecular weight excluding hydrogens is 336 g/mol. The summed E-state index contributed by atoms with van der Waals surface area (Å²) in [6, 6.07) is 11.0. The van der Waals surface area contributed by atoms with Crippen LogP contribution in [0.15, 0.2) is 36.4 Å². The molecule has 5 heteroatoms. The maximum Gasteiger partial charge on any atom is 0.251 e. The maximum absolute atomic E-state index is 12.3. The molecule has 132 valence electrons. The van der Waals surface area contributed by atoms with E-state index in [1.807, 2.05) is 51.1 Å². The Kier molecular flexibility index (Phi) is 6.21. The molecule has 0 saturated heterocycles. The van der Waals surface area contributed by atoms with Gasteiger partial charge in [-0.25, -0.2) is 0 Å². The van der Waals surface area contributed by atoms with Crippen molar-refractivity contribution in [2.24, 2.45) is 0 Å². The molecule has 0 spiro atoms. The third-order valence-corrected chi connectivity index (χ3v) is 4.45. The van der Waals surface area contributed by atoms with Crippen LogP contribution in [0.5, 0.6) is 0 Å². The molecule has 0 aliphatic carbocycles. The molecule has 2 aromatic carbocycles. The molecule has 0 atom stereocenters. The van der Waals surface area contributed by atoms with Gasteiger partial charge < -0.3 is 10.2 Å². The zero-order valence-electron chi connectivity index (χ0n) is 15.0.